The molecule has 7 nitrogen and oxygen atoms in total. The number of hydrogen-bond donors (Lipinski definition) is 1. The van der Waals surface area contributed by atoms with E-state index in [1.54, 1.807) is 18.7 Å². The van der Waals surface area contributed by atoms with Gasteiger partial charge < -0.3 is 14.4 Å². The van der Waals surface area contributed by atoms with Gasteiger partial charge in [0.2, 0.25) is 10.7 Å². The van der Waals surface area contributed by atoms with Crippen molar-refractivity contribution in [3.8, 4) is 0 Å². The fourth-order valence-electron chi connectivity index (χ4n) is 2.59. The summed E-state index contributed by atoms with van der Waals surface area (Å²) in [6.45, 7) is 9.17. The van der Waals surface area contributed by atoms with Crippen LogP contribution in [0.25, 0.3) is 0 Å². The highest BCUT2D eigenvalue weighted by atomic mass is 32.1. The highest BCUT2D eigenvalue weighted by molar-refractivity contribution is 7.71. The second-order valence-electron chi connectivity index (χ2n) is 5.30. The number of anilines is 1. The van der Waals surface area contributed by atoms with Crippen LogP contribution < -0.4 is 9.80 Å². The highest BCUT2D eigenvalue weighted by Gasteiger charge is 2.22. The van der Waals surface area contributed by atoms with Gasteiger partial charge in [-0.3, -0.25) is 0 Å². The van der Waals surface area contributed by atoms with Crippen LogP contribution in [0.5, 0.6) is 0 Å². The van der Waals surface area contributed by atoms with E-state index in [-0.39, 0.29) is 0 Å². The molecule has 116 valence electrons. The van der Waals surface area contributed by atoms with Gasteiger partial charge in [0.15, 0.2) is 6.67 Å². The minimum Gasteiger partial charge on any atom is -0.330 e. The lowest BCUT2D eigenvalue weighted by Crippen LogP contribution is -3.14. The van der Waals surface area contributed by atoms with E-state index in [0.29, 0.717) is 6.54 Å². The predicted molar refractivity (Wildman–Crippen MR) is 86.2 cm³/mol. The fraction of sp³-hybridized carbons (Fsp3) is 0.429. The van der Waals surface area contributed by atoms with E-state index in [9.17, 15) is 0 Å². The molecule has 1 N–H and O–H groups in total. The molecule has 1 saturated heterocycles. The summed E-state index contributed by atoms with van der Waals surface area (Å²) >= 11 is 5.43. The smallest absolute Gasteiger partial charge is 0.225 e. The highest BCUT2D eigenvalue weighted by Crippen LogP contribution is 2.04. The normalized spacial score (nSPS) is 15.9. The molecule has 1 aliphatic heterocycles. The number of piperazine rings is 1. The Morgan fingerprint density at radius 2 is 2.00 bits per heavy atom. The topological polar surface area (TPSA) is 56.2 Å². The molecule has 0 spiro atoms. The summed E-state index contributed by atoms with van der Waals surface area (Å²) in [5.74, 6) is 0.813. The third-order valence-corrected chi connectivity index (χ3v) is 4.25. The number of hydrogen-bond acceptors (Lipinski definition) is 5. The van der Waals surface area contributed by atoms with Crippen LogP contribution in [0.15, 0.2) is 37.4 Å². The van der Waals surface area contributed by atoms with E-state index in [0.717, 1.165) is 43.6 Å². The molecular formula is C14H20N7S+. The average Bonchev–Trinajstić information content (AvgIpc) is 2.90. The molecule has 0 bridgehead atoms. The van der Waals surface area contributed by atoms with Gasteiger partial charge in [0, 0.05) is 18.9 Å². The van der Waals surface area contributed by atoms with Crippen molar-refractivity contribution in [2.45, 2.75) is 13.2 Å². The molecule has 2 aromatic rings. The number of allylic oxidation sites excluding steroid dienone is 1. The molecule has 0 aromatic carbocycles. The maximum atomic E-state index is 5.43. The number of quaternary nitrogens is 1. The van der Waals surface area contributed by atoms with E-state index < -0.39 is 0 Å². The molecule has 8 heteroatoms. The first-order chi connectivity index (χ1) is 10.8. The lowest BCUT2D eigenvalue weighted by Gasteiger charge is -2.31. The lowest BCUT2D eigenvalue weighted by molar-refractivity contribution is -0.924. The molecular weight excluding hydrogens is 298 g/mol. The number of rotatable bonds is 5. The Morgan fingerprint density at radius 1 is 1.27 bits per heavy atom. The summed E-state index contributed by atoms with van der Waals surface area (Å²) < 4.78 is 4.57. The molecule has 0 radical (unpaired) electrons. The van der Waals surface area contributed by atoms with Crippen LogP contribution >= 0.6 is 12.2 Å². The van der Waals surface area contributed by atoms with Gasteiger partial charge in [0.1, 0.15) is 6.33 Å². The molecule has 0 saturated carbocycles. The second-order valence-corrected chi connectivity index (χ2v) is 5.66. The van der Waals surface area contributed by atoms with Gasteiger partial charge in [-0.2, -0.15) is 9.78 Å². The van der Waals surface area contributed by atoms with Crippen LogP contribution in [0.4, 0.5) is 5.95 Å². The van der Waals surface area contributed by atoms with Crippen molar-refractivity contribution in [3.63, 3.8) is 0 Å². The zero-order chi connectivity index (χ0) is 15.4. The van der Waals surface area contributed by atoms with Gasteiger partial charge >= 0.3 is 0 Å². The van der Waals surface area contributed by atoms with Gasteiger partial charge in [-0.1, -0.05) is 6.08 Å². The molecule has 1 fully saturated rings. The predicted octanol–water partition coefficient (Wildman–Crippen LogP) is -0.247. The largest absolute Gasteiger partial charge is 0.330 e. The van der Waals surface area contributed by atoms with Crippen molar-refractivity contribution >= 4 is 18.2 Å². The van der Waals surface area contributed by atoms with Crippen LogP contribution in [0.3, 0.4) is 0 Å². The molecule has 0 amide bonds. The quantitative estimate of drug-likeness (QED) is 0.609. The summed E-state index contributed by atoms with van der Waals surface area (Å²) in [5.41, 5.74) is 0. The minimum atomic E-state index is 0.702. The number of nitrogens with zero attached hydrogens (tertiary/aromatic N) is 6. The van der Waals surface area contributed by atoms with Gasteiger partial charge in [-0.05, 0) is 18.3 Å². The van der Waals surface area contributed by atoms with E-state index in [1.807, 2.05) is 21.4 Å². The van der Waals surface area contributed by atoms with Gasteiger partial charge in [0.25, 0.3) is 0 Å². The minimum absolute atomic E-state index is 0.702. The standard InChI is InChI=1S/C14H19N7S/c1-2-6-20-11-17-21(14(20)22)12-18-7-9-19(10-8-18)13-15-4-3-5-16-13/h2-5,11H,1,6-10,12H2/p+1. The van der Waals surface area contributed by atoms with Crippen LogP contribution in [0.1, 0.15) is 0 Å². The Labute approximate surface area is 134 Å². The monoisotopic (exact) mass is 318 g/mol. The summed E-state index contributed by atoms with van der Waals surface area (Å²) in [4.78, 5) is 12.3. The van der Waals surface area contributed by atoms with Crippen LogP contribution in [-0.4, -0.2) is 50.5 Å². The van der Waals surface area contributed by atoms with E-state index in [2.05, 4.69) is 26.5 Å². The van der Waals surface area contributed by atoms with Crippen molar-refractivity contribution in [3.05, 3.63) is 42.2 Å². The maximum absolute atomic E-state index is 5.43. The van der Waals surface area contributed by atoms with E-state index >= 15 is 0 Å². The first kappa shape index (κ1) is 14.9. The van der Waals surface area contributed by atoms with Crippen molar-refractivity contribution in [1.82, 2.24) is 24.3 Å². The Bertz CT molecular complexity index is 670. The molecule has 3 rings (SSSR count). The summed E-state index contributed by atoms with van der Waals surface area (Å²) in [6, 6.07) is 1.84. The third kappa shape index (κ3) is 3.23. The summed E-state index contributed by atoms with van der Waals surface area (Å²) in [5, 5.41) is 4.37. The van der Waals surface area contributed by atoms with Gasteiger partial charge in [-0.25, -0.2) is 9.97 Å². The zero-order valence-corrected chi connectivity index (χ0v) is 13.2. The Balaban J connectivity index is 1.58. The van der Waals surface area contributed by atoms with Crippen molar-refractivity contribution in [2.24, 2.45) is 0 Å². The molecule has 22 heavy (non-hydrogen) atoms. The zero-order valence-electron chi connectivity index (χ0n) is 12.4. The molecule has 1 aliphatic rings. The van der Waals surface area contributed by atoms with Crippen molar-refractivity contribution in [2.75, 3.05) is 31.1 Å². The van der Waals surface area contributed by atoms with Gasteiger partial charge in [0.05, 0.1) is 26.2 Å². The number of aromatic nitrogens is 5. The Morgan fingerprint density at radius 3 is 2.68 bits per heavy atom. The van der Waals surface area contributed by atoms with Gasteiger partial charge in [-0.15, -0.1) is 6.58 Å². The first-order valence-corrected chi connectivity index (χ1v) is 7.77. The van der Waals surface area contributed by atoms with Crippen LogP contribution in [0.2, 0.25) is 0 Å². The maximum Gasteiger partial charge on any atom is 0.225 e. The first-order valence-electron chi connectivity index (χ1n) is 7.36. The summed E-state index contributed by atoms with van der Waals surface area (Å²) in [7, 11) is 0. The van der Waals surface area contributed by atoms with E-state index in [4.69, 9.17) is 12.2 Å². The Kier molecular flexibility index (Phi) is 4.59. The average molecular weight is 318 g/mol. The molecule has 2 aromatic heterocycles. The summed E-state index contributed by atoms with van der Waals surface area (Å²) in [6.07, 6.45) is 7.17. The number of nitrogens with one attached hydrogen (secondary N) is 1. The van der Waals surface area contributed by atoms with Crippen molar-refractivity contribution < 1.29 is 4.90 Å². The molecule has 0 unspecified atom stereocenters. The lowest BCUT2D eigenvalue weighted by atomic mass is 10.3. The third-order valence-electron chi connectivity index (χ3n) is 3.80. The molecule has 0 aliphatic carbocycles. The molecule has 3 heterocycles. The van der Waals surface area contributed by atoms with E-state index in [1.165, 1.54) is 4.90 Å². The van der Waals surface area contributed by atoms with Crippen LogP contribution in [0, 0.1) is 4.77 Å². The SMILES string of the molecule is C=CCn1cnn(C[NH+]2CCN(c3ncccn3)CC2)c1=S. The van der Waals surface area contributed by atoms with Crippen molar-refractivity contribution in [1.29, 1.82) is 0 Å². The Hall–Kier alpha value is -2.06. The molecule has 0 atom stereocenters. The van der Waals surface area contributed by atoms with Crippen LogP contribution in [-0.2, 0) is 13.2 Å². The second kappa shape index (κ2) is 6.80. The fourth-order valence-corrected chi connectivity index (χ4v) is 2.83.